The molecular formula is C25H26N4O3. The van der Waals surface area contributed by atoms with E-state index in [1.807, 2.05) is 19.2 Å². The smallest absolute Gasteiger partial charge is 0.251 e. The van der Waals surface area contributed by atoms with E-state index < -0.39 is 0 Å². The van der Waals surface area contributed by atoms with E-state index in [2.05, 4.69) is 22.0 Å². The number of amides is 1. The molecule has 1 N–H and O–H groups in total. The van der Waals surface area contributed by atoms with Gasteiger partial charge >= 0.3 is 0 Å². The minimum absolute atomic E-state index is 0.0845. The van der Waals surface area contributed by atoms with E-state index in [9.17, 15) is 4.79 Å². The predicted molar refractivity (Wildman–Crippen MR) is 120 cm³/mol. The van der Waals surface area contributed by atoms with Crippen molar-refractivity contribution in [3.05, 3.63) is 53.3 Å². The van der Waals surface area contributed by atoms with E-state index in [1.54, 1.807) is 18.2 Å². The van der Waals surface area contributed by atoms with Gasteiger partial charge in [-0.3, -0.25) is 4.79 Å². The maximum atomic E-state index is 12.9. The van der Waals surface area contributed by atoms with Crippen molar-refractivity contribution >= 4 is 16.9 Å². The normalized spacial score (nSPS) is 20.0. The van der Waals surface area contributed by atoms with Gasteiger partial charge in [0.1, 0.15) is 19.0 Å². The fraction of sp³-hybridized carbons (Fsp3) is 0.400. The third-order valence-electron chi connectivity index (χ3n) is 6.44. The van der Waals surface area contributed by atoms with Crippen molar-refractivity contribution in [2.24, 2.45) is 7.05 Å². The van der Waals surface area contributed by atoms with Gasteiger partial charge in [0, 0.05) is 24.6 Å². The number of fused-ring (bicyclic) bond motifs is 2. The molecule has 1 fully saturated rings. The molecule has 2 aliphatic rings. The van der Waals surface area contributed by atoms with Crippen molar-refractivity contribution in [1.29, 1.82) is 5.26 Å². The van der Waals surface area contributed by atoms with Gasteiger partial charge in [-0.25, -0.2) is 4.98 Å². The first-order valence-corrected chi connectivity index (χ1v) is 11.1. The van der Waals surface area contributed by atoms with Crippen molar-refractivity contribution in [1.82, 2.24) is 14.9 Å². The maximum Gasteiger partial charge on any atom is 0.251 e. The molecule has 1 aliphatic heterocycles. The van der Waals surface area contributed by atoms with Gasteiger partial charge in [-0.1, -0.05) is 12.5 Å². The highest BCUT2D eigenvalue weighted by Gasteiger charge is 2.28. The number of hydrogen-bond donors (Lipinski definition) is 1. The summed E-state index contributed by atoms with van der Waals surface area (Å²) in [5.74, 6) is 2.56. The zero-order valence-electron chi connectivity index (χ0n) is 18.1. The van der Waals surface area contributed by atoms with Crippen LogP contribution >= 0.6 is 0 Å². The highest BCUT2D eigenvalue weighted by molar-refractivity contribution is 5.95. The third-order valence-corrected chi connectivity index (χ3v) is 6.44. The minimum atomic E-state index is -0.0845. The second kappa shape index (κ2) is 8.54. The summed E-state index contributed by atoms with van der Waals surface area (Å²) >= 11 is 0. The van der Waals surface area contributed by atoms with Gasteiger partial charge in [-0.05, 0) is 55.2 Å². The molecule has 0 bridgehead atoms. The number of nitrogens with zero attached hydrogens (tertiary/aromatic N) is 3. The molecule has 0 saturated heterocycles. The summed E-state index contributed by atoms with van der Waals surface area (Å²) < 4.78 is 13.3. The summed E-state index contributed by atoms with van der Waals surface area (Å²) in [6, 6.07) is 13.7. The van der Waals surface area contributed by atoms with E-state index in [0.29, 0.717) is 36.7 Å². The van der Waals surface area contributed by atoms with E-state index in [4.69, 9.17) is 19.7 Å². The molecule has 7 nitrogen and oxygen atoms in total. The third kappa shape index (κ3) is 3.89. The van der Waals surface area contributed by atoms with Crippen LogP contribution in [0.1, 0.15) is 53.3 Å². The van der Waals surface area contributed by atoms with Crippen LogP contribution in [-0.2, 0) is 13.5 Å². The van der Waals surface area contributed by atoms with Crippen molar-refractivity contribution in [2.45, 2.75) is 44.1 Å². The topological polar surface area (TPSA) is 89.2 Å². The van der Waals surface area contributed by atoms with Crippen LogP contribution in [0.3, 0.4) is 0 Å². The monoisotopic (exact) mass is 430 g/mol. The zero-order valence-corrected chi connectivity index (χ0v) is 18.1. The molecular weight excluding hydrogens is 404 g/mol. The molecule has 2 heterocycles. The molecule has 1 aliphatic carbocycles. The van der Waals surface area contributed by atoms with E-state index in [0.717, 1.165) is 48.1 Å². The summed E-state index contributed by atoms with van der Waals surface area (Å²) in [6.45, 7) is 1.03. The number of nitriles is 1. The second-order valence-corrected chi connectivity index (χ2v) is 8.58. The van der Waals surface area contributed by atoms with Crippen molar-refractivity contribution in [3.63, 3.8) is 0 Å². The summed E-state index contributed by atoms with van der Waals surface area (Å²) in [7, 11) is 2.04. The van der Waals surface area contributed by atoms with E-state index >= 15 is 0 Å². The molecule has 0 radical (unpaired) electrons. The number of aryl methyl sites for hydroxylation is 1. The highest BCUT2D eigenvalue weighted by Crippen LogP contribution is 2.35. The van der Waals surface area contributed by atoms with Gasteiger partial charge in [-0.2, -0.15) is 5.26 Å². The molecule has 1 aromatic heterocycles. The molecule has 2 atom stereocenters. The number of rotatable bonds is 4. The van der Waals surface area contributed by atoms with Gasteiger partial charge in [-0.15, -0.1) is 0 Å². The van der Waals surface area contributed by atoms with Crippen LogP contribution in [0, 0.1) is 11.3 Å². The SMILES string of the molecule is Cn1c(C2CCCC(NC(=O)c3ccc4c(c3)OCCO4)C2)nc2ccc(CC#N)cc21. The molecule has 1 saturated carbocycles. The highest BCUT2D eigenvalue weighted by atomic mass is 16.6. The number of ether oxygens (including phenoxy) is 2. The number of hydrogen-bond acceptors (Lipinski definition) is 5. The number of aromatic nitrogens is 2. The fourth-order valence-electron chi connectivity index (χ4n) is 4.83. The fourth-order valence-corrected chi connectivity index (χ4v) is 4.83. The van der Waals surface area contributed by atoms with Gasteiger partial charge in [0.25, 0.3) is 5.91 Å². The first-order valence-electron chi connectivity index (χ1n) is 11.1. The first-order chi connectivity index (χ1) is 15.6. The van der Waals surface area contributed by atoms with Crippen LogP contribution in [0.5, 0.6) is 11.5 Å². The number of nitrogens with one attached hydrogen (secondary N) is 1. The standard InChI is InChI=1S/C25H26N4O3/c1-29-21-13-16(9-10-26)5-7-20(21)28-24(29)17-3-2-4-19(14-17)27-25(30)18-6-8-22-23(15-18)32-12-11-31-22/h5-8,13,15,17,19H,2-4,9,11-12,14H2,1H3,(H,27,30). The predicted octanol–water partition coefficient (Wildman–Crippen LogP) is 3.87. The molecule has 164 valence electrons. The Kier molecular flexibility index (Phi) is 5.44. The molecule has 32 heavy (non-hydrogen) atoms. The Morgan fingerprint density at radius 1 is 1.19 bits per heavy atom. The lowest BCUT2D eigenvalue weighted by molar-refractivity contribution is 0.0923. The van der Waals surface area contributed by atoms with Crippen LogP contribution < -0.4 is 14.8 Å². The zero-order chi connectivity index (χ0) is 22.1. The van der Waals surface area contributed by atoms with E-state index in [1.165, 1.54) is 0 Å². The summed E-state index contributed by atoms with van der Waals surface area (Å²) in [5, 5.41) is 12.2. The van der Waals surface area contributed by atoms with Crippen LogP contribution in [0.4, 0.5) is 0 Å². The molecule has 2 aromatic carbocycles. The summed E-state index contributed by atoms with van der Waals surface area (Å²) in [6.07, 6.45) is 4.31. The van der Waals surface area contributed by atoms with Gasteiger partial charge in [0.05, 0.1) is 23.5 Å². The lowest BCUT2D eigenvalue weighted by Crippen LogP contribution is -2.38. The number of benzene rings is 2. The van der Waals surface area contributed by atoms with Crippen LogP contribution in [0.2, 0.25) is 0 Å². The minimum Gasteiger partial charge on any atom is -0.486 e. The number of carbonyl (C=O) groups is 1. The molecule has 3 aromatic rings. The van der Waals surface area contributed by atoms with Gasteiger partial charge in [0.15, 0.2) is 11.5 Å². The average Bonchev–Trinajstić information content (AvgIpc) is 3.15. The van der Waals surface area contributed by atoms with Gasteiger partial charge in [0.2, 0.25) is 0 Å². The van der Waals surface area contributed by atoms with Crippen molar-refractivity contribution < 1.29 is 14.3 Å². The lowest BCUT2D eigenvalue weighted by Gasteiger charge is -2.29. The largest absolute Gasteiger partial charge is 0.486 e. The number of carbonyl (C=O) groups excluding carboxylic acids is 1. The Bertz CT molecular complexity index is 1210. The quantitative estimate of drug-likeness (QED) is 0.679. The Balaban J connectivity index is 1.31. The van der Waals surface area contributed by atoms with E-state index in [-0.39, 0.29) is 17.9 Å². The molecule has 1 amide bonds. The maximum absolute atomic E-state index is 12.9. The molecule has 2 unspecified atom stereocenters. The van der Waals surface area contributed by atoms with Crippen molar-refractivity contribution in [2.75, 3.05) is 13.2 Å². The van der Waals surface area contributed by atoms with Crippen LogP contribution in [0.25, 0.3) is 11.0 Å². The lowest BCUT2D eigenvalue weighted by atomic mass is 9.85. The Labute approximate surface area is 187 Å². The Hall–Kier alpha value is -3.53. The molecule has 7 heteroatoms. The van der Waals surface area contributed by atoms with Crippen molar-refractivity contribution in [3.8, 4) is 17.6 Å². The Morgan fingerprint density at radius 2 is 2.03 bits per heavy atom. The summed E-state index contributed by atoms with van der Waals surface area (Å²) in [5.41, 5.74) is 3.59. The second-order valence-electron chi connectivity index (χ2n) is 8.58. The number of imidazole rings is 1. The first kappa shape index (κ1) is 20.4. The van der Waals surface area contributed by atoms with Crippen LogP contribution in [0.15, 0.2) is 36.4 Å². The van der Waals surface area contributed by atoms with Gasteiger partial charge < -0.3 is 19.4 Å². The molecule has 5 rings (SSSR count). The average molecular weight is 431 g/mol. The summed E-state index contributed by atoms with van der Waals surface area (Å²) in [4.78, 5) is 17.8. The Morgan fingerprint density at radius 3 is 2.88 bits per heavy atom. The van der Waals surface area contributed by atoms with Crippen LogP contribution in [-0.4, -0.2) is 34.7 Å². The molecule has 0 spiro atoms.